The van der Waals surface area contributed by atoms with Gasteiger partial charge in [0, 0.05) is 6.20 Å². The molecule has 6 nitrogen and oxygen atoms in total. The largest absolute Gasteiger partial charge is 0.442 e. The molecular formula is C15H16BrN3O3. The molecular weight excluding hydrogens is 350 g/mol. The van der Waals surface area contributed by atoms with E-state index in [1.807, 2.05) is 36.5 Å². The third-order valence-electron chi connectivity index (χ3n) is 3.39. The lowest BCUT2D eigenvalue weighted by Crippen LogP contribution is -2.38. The Balaban J connectivity index is 1.53. The van der Waals surface area contributed by atoms with Crippen LogP contribution in [0.4, 0.5) is 4.79 Å². The fraction of sp³-hybridized carbons (Fsp3) is 0.333. The van der Waals surface area contributed by atoms with Gasteiger partial charge in [-0.05, 0) is 21.5 Å². The van der Waals surface area contributed by atoms with Crippen molar-refractivity contribution < 1.29 is 14.3 Å². The average Bonchev–Trinajstić information content (AvgIpc) is 3.07. The van der Waals surface area contributed by atoms with E-state index < -0.39 is 6.09 Å². The van der Waals surface area contributed by atoms with Gasteiger partial charge in [-0.1, -0.05) is 30.3 Å². The Morgan fingerprint density at radius 2 is 2.18 bits per heavy atom. The van der Waals surface area contributed by atoms with Gasteiger partial charge in [-0.2, -0.15) is 5.10 Å². The van der Waals surface area contributed by atoms with E-state index in [9.17, 15) is 4.79 Å². The number of hydrogen-bond donors (Lipinski definition) is 1. The third-order valence-corrected chi connectivity index (χ3v) is 3.80. The second kappa shape index (κ2) is 6.93. The van der Waals surface area contributed by atoms with Crippen LogP contribution >= 0.6 is 15.9 Å². The Bertz CT molecular complexity index is 632. The first-order chi connectivity index (χ1) is 10.7. The zero-order chi connectivity index (χ0) is 15.4. The highest BCUT2D eigenvalue weighted by Crippen LogP contribution is 2.14. The van der Waals surface area contributed by atoms with E-state index in [2.05, 4.69) is 26.3 Å². The number of aromatic nitrogens is 2. The number of rotatable bonds is 6. The van der Waals surface area contributed by atoms with E-state index in [1.165, 1.54) is 0 Å². The van der Waals surface area contributed by atoms with Gasteiger partial charge in [0.2, 0.25) is 0 Å². The van der Waals surface area contributed by atoms with E-state index in [4.69, 9.17) is 9.47 Å². The summed E-state index contributed by atoms with van der Waals surface area (Å²) in [5, 5.41) is 6.95. The summed E-state index contributed by atoms with van der Waals surface area (Å²) in [4.78, 5) is 11.5. The first-order valence-electron chi connectivity index (χ1n) is 6.97. The number of cyclic esters (lactones) is 1. The lowest BCUT2D eigenvalue weighted by atomic mass is 10.2. The molecule has 0 bridgehead atoms. The van der Waals surface area contributed by atoms with E-state index in [1.54, 1.807) is 10.9 Å². The molecule has 7 heteroatoms. The molecule has 1 fully saturated rings. The summed E-state index contributed by atoms with van der Waals surface area (Å²) in [5.41, 5.74) is 1.10. The van der Waals surface area contributed by atoms with Gasteiger partial charge in [0.15, 0.2) is 0 Å². The van der Waals surface area contributed by atoms with Crippen molar-refractivity contribution in [1.29, 1.82) is 0 Å². The minimum absolute atomic E-state index is 0.181. The lowest BCUT2D eigenvalue weighted by molar-refractivity contribution is 0.0641. The van der Waals surface area contributed by atoms with E-state index in [0.29, 0.717) is 19.8 Å². The smallest absolute Gasteiger partial charge is 0.407 e. The molecule has 2 atom stereocenters. The molecule has 0 radical (unpaired) electrons. The van der Waals surface area contributed by atoms with Crippen LogP contribution in [0.2, 0.25) is 0 Å². The predicted octanol–water partition coefficient (Wildman–Crippen LogP) is 2.34. The number of ether oxygens (including phenoxy) is 2. The molecule has 22 heavy (non-hydrogen) atoms. The van der Waals surface area contributed by atoms with Gasteiger partial charge < -0.3 is 14.8 Å². The SMILES string of the molecule is O=C1NC(COCc2ccccc2)C(Cn2cc(Br)cn2)O1. The number of alkyl carbamates (subject to hydrolysis) is 1. The van der Waals surface area contributed by atoms with Crippen LogP contribution in [-0.2, 0) is 22.6 Å². The maximum atomic E-state index is 11.5. The summed E-state index contributed by atoms with van der Waals surface area (Å²) in [6.45, 7) is 1.39. The molecule has 1 aromatic carbocycles. The van der Waals surface area contributed by atoms with Gasteiger partial charge in [0.25, 0.3) is 0 Å². The zero-order valence-corrected chi connectivity index (χ0v) is 13.4. The predicted molar refractivity (Wildman–Crippen MR) is 83.2 cm³/mol. The molecule has 2 aromatic rings. The Morgan fingerprint density at radius 3 is 2.91 bits per heavy atom. The van der Waals surface area contributed by atoms with Crippen LogP contribution in [0.25, 0.3) is 0 Å². The molecule has 1 aliphatic rings. The molecule has 2 unspecified atom stereocenters. The van der Waals surface area contributed by atoms with Crippen LogP contribution in [0.3, 0.4) is 0 Å². The Hall–Kier alpha value is -1.86. The molecule has 116 valence electrons. The highest BCUT2D eigenvalue weighted by Gasteiger charge is 2.34. The summed E-state index contributed by atoms with van der Waals surface area (Å²) in [7, 11) is 0. The average molecular weight is 366 g/mol. The number of benzene rings is 1. The number of amides is 1. The molecule has 1 N–H and O–H groups in total. The molecule has 0 aliphatic carbocycles. The van der Waals surface area contributed by atoms with Gasteiger partial charge >= 0.3 is 6.09 Å². The second-order valence-electron chi connectivity index (χ2n) is 5.08. The first kappa shape index (κ1) is 15.1. The number of halogens is 1. The maximum Gasteiger partial charge on any atom is 0.407 e. The van der Waals surface area contributed by atoms with Crippen molar-refractivity contribution in [3.8, 4) is 0 Å². The van der Waals surface area contributed by atoms with Crippen molar-refractivity contribution in [3.63, 3.8) is 0 Å². The zero-order valence-electron chi connectivity index (χ0n) is 11.8. The van der Waals surface area contributed by atoms with Crippen LogP contribution in [0, 0.1) is 0 Å². The number of carbonyl (C=O) groups is 1. The maximum absolute atomic E-state index is 11.5. The van der Waals surface area contributed by atoms with Gasteiger partial charge in [-0.3, -0.25) is 4.68 Å². The molecule has 1 aliphatic heterocycles. The third kappa shape index (κ3) is 3.86. The van der Waals surface area contributed by atoms with Gasteiger partial charge in [0.1, 0.15) is 6.10 Å². The summed E-state index contributed by atoms with van der Waals surface area (Å²) < 4.78 is 13.6. The van der Waals surface area contributed by atoms with Crippen LogP contribution < -0.4 is 5.32 Å². The van der Waals surface area contributed by atoms with Crippen LogP contribution in [0.1, 0.15) is 5.56 Å². The molecule has 3 rings (SSSR count). The number of hydrogen-bond acceptors (Lipinski definition) is 4. The van der Waals surface area contributed by atoms with Crippen molar-refractivity contribution in [1.82, 2.24) is 15.1 Å². The lowest BCUT2D eigenvalue weighted by Gasteiger charge is -2.17. The highest BCUT2D eigenvalue weighted by atomic mass is 79.9. The number of nitrogens with one attached hydrogen (secondary N) is 1. The number of nitrogens with zero attached hydrogens (tertiary/aromatic N) is 2. The summed E-state index contributed by atoms with van der Waals surface area (Å²) in [5.74, 6) is 0. The summed E-state index contributed by atoms with van der Waals surface area (Å²) >= 11 is 3.34. The molecule has 0 spiro atoms. The standard InChI is InChI=1S/C15H16BrN3O3/c16-12-6-17-19(7-12)8-14-13(18-15(20)22-14)10-21-9-11-4-2-1-3-5-11/h1-7,13-14H,8-10H2,(H,18,20). The monoisotopic (exact) mass is 365 g/mol. The topological polar surface area (TPSA) is 65.4 Å². The molecule has 0 saturated carbocycles. The van der Waals surface area contributed by atoms with E-state index >= 15 is 0 Å². The first-order valence-corrected chi connectivity index (χ1v) is 7.77. The van der Waals surface area contributed by atoms with Crippen LogP contribution in [-0.4, -0.2) is 34.6 Å². The van der Waals surface area contributed by atoms with Crippen molar-refractivity contribution in [3.05, 3.63) is 52.8 Å². The Labute approximate surface area is 136 Å². The van der Waals surface area contributed by atoms with Crippen molar-refractivity contribution in [2.75, 3.05) is 6.61 Å². The minimum Gasteiger partial charge on any atom is -0.442 e. The fourth-order valence-electron chi connectivity index (χ4n) is 2.31. The summed E-state index contributed by atoms with van der Waals surface area (Å²) in [6.07, 6.45) is 2.83. The normalized spacial score (nSPS) is 20.7. The Kier molecular flexibility index (Phi) is 4.74. The molecule has 1 saturated heterocycles. The van der Waals surface area contributed by atoms with Crippen LogP contribution in [0.5, 0.6) is 0 Å². The van der Waals surface area contributed by atoms with Crippen molar-refractivity contribution in [2.45, 2.75) is 25.3 Å². The van der Waals surface area contributed by atoms with Gasteiger partial charge in [0.05, 0.1) is 36.5 Å². The molecule has 2 heterocycles. The van der Waals surface area contributed by atoms with E-state index in [-0.39, 0.29) is 12.1 Å². The molecule has 1 aromatic heterocycles. The fourth-order valence-corrected chi connectivity index (χ4v) is 2.64. The second-order valence-corrected chi connectivity index (χ2v) is 5.99. The number of carbonyl (C=O) groups excluding carboxylic acids is 1. The van der Waals surface area contributed by atoms with Crippen LogP contribution in [0.15, 0.2) is 47.2 Å². The highest BCUT2D eigenvalue weighted by molar-refractivity contribution is 9.10. The minimum atomic E-state index is -0.412. The van der Waals surface area contributed by atoms with Gasteiger partial charge in [-0.25, -0.2) is 4.79 Å². The van der Waals surface area contributed by atoms with Crippen molar-refractivity contribution >= 4 is 22.0 Å². The summed E-state index contributed by atoms with van der Waals surface area (Å²) in [6, 6.07) is 9.73. The van der Waals surface area contributed by atoms with Crippen molar-refractivity contribution in [2.24, 2.45) is 0 Å². The van der Waals surface area contributed by atoms with E-state index in [0.717, 1.165) is 10.0 Å². The Morgan fingerprint density at radius 1 is 1.36 bits per heavy atom. The molecule has 1 amide bonds. The van der Waals surface area contributed by atoms with Gasteiger partial charge in [-0.15, -0.1) is 0 Å². The quantitative estimate of drug-likeness (QED) is 0.853.